The molecule has 0 aliphatic heterocycles. The SMILES string of the molecule is BC(=O)c1cccc(C[C@H](N)C(=O)O)c1. The maximum atomic E-state index is 11.1. The van der Waals surface area contributed by atoms with E-state index < -0.39 is 12.0 Å². The molecule has 1 rings (SSSR count). The predicted molar refractivity (Wildman–Crippen MR) is 58.6 cm³/mol. The molecule has 3 N–H and O–H groups in total. The number of carboxylic acid groups (broad SMARTS) is 1. The van der Waals surface area contributed by atoms with Crippen molar-refractivity contribution in [2.45, 2.75) is 12.5 Å². The smallest absolute Gasteiger partial charge is 0.320 e. The lowest BCUT2D eigenvalue weighted by Crippen LogP contribution is -2.32. The van der Waals surface area contributed by atoms with Crippen molar-refractivity contribution < 1.29 is 14.7 Å². The number of rotatable bonds is 4. The van der Waals surface area contributed by atoms with Crippen molar-refractivity contribution in [2.24, 2.45) is 5.73 Å². The average Bonchev–Trinajstić information content (AvgIpc) is 2.18. The van der Waals surface area contributed by atoms with E-state index in [0.29, 0.717) is 5.56 Å². The Morgan fingerprint density at radius 3 is 2.67 bits per heavy atom. The Morgan fingerprint density at radius 2 is 2.13 bits per heavy atom. The number of carbonyl (C=O) groups is 2. The molecule has 0 amide bonds. The van der Waals surface area contributed by atoms with Crippen LogP contribution in [0.1, 0.15) is 15.9 Å². The molecule has 4 nitrogen and oxygen atoms in total. The van der Waals surface area contributed by atoms with Gasteiger partial charge in [-0.05, 0) is 18.1 Å². The number of hydrogen-bond acceptors (Lipinski definition) is 3. The predicted octanol–water partition coefficient (Wildman–Crippen LogP) is -0.586. The normalized spacial score (nSPS) is 12.1. The summed E-state index contributed by atoms with van der Waals surface area (Å²) in [7, 11) is 1.47. The molecule has 5 heteroatoms. The van der Waals surface area contributed by atoms with Gasteiger partial charge in [-0.3, -0.25) is 4.79 Å². The average molecular weight is 205 g/mol. The lowest BCUT2D eigenvalue weighted by Gasteiger charge is -2.07. The van der Waals surface area contributed by atoms with Gasteiger partial charge >= 0.3 is 5.97 Å². The zero-order chi connectivity index (χ0) is 11.4. The van der Waals surface area contributed by atoms with Crippen molar-refractivity contribution in [3.05, 3.63) is 35.4 Å². The van der Waals surface area contributed by atoms with Crippen molar-refractivity contribution >= 4 is 19.5 Å². The third kappa shape index (κ3) is 3.21. The summed E-state index contributed by atoms with van der Waals surface area (Å²) in [6, 6.07) is 5.92. The van der Waals surface area contributed by atoms with Crippen LogP contribution < -0.4 is 5.73 Å². The van der Waals surface area contributed by atoms with Crippen molar-refractivity contribution in [3.8, 4) is 0 Å². The van der Waals surface area contributed by atoms with Gasteiger partial charge in [-0.2, -0.15) is 0 Å². The van der Waals surface area contributed by atoms with Crippen LogP contribution in [-0.2, 0) is 11.2 Å². The van der Waals surface area contributed by atoms with E-state index in [2.05, 4.69) is 0 Å². The van der Waals surface area contributed by atoms with Crippen LogP contribution in [0, 0.1) is 0 Å². The van der Waals surface area contributed by atoms with Gasteiger partial charge in [0.05, 0.1) is 0 Å². The Balaban J connectivity index is 2.82. The number of hydrogen-bond donors (Lipinski definition) is 2. The van der Waals surface area contributed by atoms with Gasteiger partial charge < -0.3 is 15.6 Å². The highest BCUT2D eigenvalue weighted by Crippen LogP contribution is 2.07. The summed E-state index contributed by atoms with van der Waals surface area (Å²) in [6.45, 7) is 0. The molecule has 0 unspecified atom stereocenters. The highest BCUT2D eigenvalue weighted by Gasteiger charge is 2.12. The van der Waals surface area contributed by atoms with Crippen LogP contribution in [0.15, 0.2) is 24.3 Å². The Labute approximate surface area is 88.5 Å². The summed E-state index contributed by atoms with van der Waals surface area (Å²) in [5, 5.41) is 8.63. The second-order valence-electron chi connectivity index (χ2n) is 3.41. The zero-order valence-electron chi connectivity index (χ0n) is 8.43. The van der Waals surface area contributed by atoms with Gasteiger partial charge in [-0.15, -0.1) is 0 Å². The molecule has 1 atom stereocenters. The first-order valence-corrected chi connectivity index (χ1v) is 4.59. The third-order valence-electron chi connectivity index (χ3n) is 2.11. The van der Waals surface area contributed by atoms with E-state index in [4.69, 9.17) is 10.8 Å². The lowest BCUT2D eigenvalue weighted by molar-refractivity contribution is -0.138. The monoisotopic (exact) mass is 205 g/mol. The van der Waals surface area contributed by atoms with Gasteiger partial charge in [0.25, 0.3) is 0 Å². The highest BCUT2D eigenvalue weighted by molar-refractivity contribution is 6.62. The number of carbonyl (C=O) groups excluding carboxylic acids is 1. The van der Waals surface area contributed by atoms with Gasteiger partial charge in [0.15, 0.2) is 7.85 Å². The number of nitrogens with two attached hydrogens (primary N) is 1. The molecule has 0 saturated heterocycles. The first kappa shape index (κ1) is 11.5. The molecule has 0 bridgehead atoms. The number of benzene rings is 1. The molecule has 0 aliphatic carbocycles. The molecule has 0 spiro atoms. The van der Waals surface area contributed by atoms with Crippen LogP contribution in [0.25, 0.3) is 0 Å². The quantitative estimate of drug-likeness (QED) is 0.644. The van der Waals surface area contributed by atoms with Gasteiger partial charge in [-0.1, -0.05) is 18.2 Å². The van der Waals surface area contributed by atoms with Crippen molar-refractivity contribution in [1.29, 1.82) is 0 Å². The largest absolute Gasteiger partial charge is 0.480 e. The van der Waals surface area contributed by atoms with Crippen molar-refractivity contribution in [2.75, 3.05) is 0 Å². The van der Waals surface area contributed by atoms with Crippen LogP contribution >= 0.6 is 0 Å². The zero-order valence-corrected chi connectivity index (χ0v) is 8.43. The fourth-order valence-corrected chi connectivity index (χ4v) is 1.26. The molecule has 0 radical (unpaired) electrons. The Bertz CT molecular complexity index is 392. The minimum absolute atomic E-state index is 0.0410. The second-order valence-corrected chi connectivity index (χ2v) is 3.41. The molecular formula is C10H12BNO3. The summed E-state index contributed by atoms with van der Waals surface area (Å²) in [5.74, 6) is -1.04. The minimum atomic E-state index is -1.04. The van der Waals surface area contributed by atoms with Crippen LogP contribution in [0.3, 0.4) is 0 Å². The third-order valence-corrected chi connectivity index (χ3v) is 2.11. The Morgan fingerprint density at radius 1 is 1.47 bits per heavy atom. The summed E-state index contributed by atoms with van der Waals surface area (Å²) >= 11 is 0. The van der Waals surface area contributed by atoms with Crippen molar-refractivity contribution in [3.63, 3.8) is 0 Å². The van der Waals surface area contributed by atoms with Crippen molar-refractivity contribution in [1.82, 2.24) is 0 Å². The molecule has 0 fully saturated rings. The summed E-state index contributed by atoms with van der Waals surface area (Å²) in [6.07, 6.45) is 0.233. The van der Waals surface area contributed by atoms with Crippen LogP contribution in [0.2, 0.25) is 0 Å². The fourth-order valence-electron chi connectivity index (χ4n) is 1.26. The fraction of sp³-hybridized carbons (Fsp3) is 0.200. The number of carboxylic acids is 1. The van der Waals surface area contributed by atoms with E-state index in [9.17, 15) is 9.59 Å². The van der Waals surface area contributed by atoms with Gasteiger partial charge in [0, 0.05) is 5.56 Å². The number of aliphatic carboxylic acids is 1. The van der Waals surface area contributed by atoms with E-state index in [1.807, 2.05) is 0 Å². The van der Waals surface area contributed by atoms with E-state index in [0.717, 1.165) is 5.56 Å². The van der Waals surface area contributed by atoms with Crippen LogP contribution in [0.4, 0.5) is 0 Å². The molecule has 1 aromatic carbocycles. The molecule has 15 heavy (non-hydrogen) atoms. The molecule has 78 valence electrons. The molecular weight excluding hydrogens is 193 g/mol. The highest BCUT2D eigenvalue weighted by atomic mass is 16.4. The van der Waals surface area contributed by atoms with E-state index in [1.54, 1.807) is 24.3 Å². The van der Waals surface area contributed by atoms with E-state index in [1.165, 1.54) is 7.85 Å². The maximum Gasteiger partial charge on any atom is 0.320 e. The van der Waals surface area contributed by atoms with Gasteiger partial charge in [0.2, 0.25) is 0 Å². The summed E-state index contributed by atoms with van der Waals surface area (Å²) in [4.78, 5) is 21.6. The maximum absolute atomic E-state index is 11.1. The molecule has 1 aromatic rings. The van der Waals surface area contributed by atoms with E-state index in [-0.39, 0.29) is 12.1 Å². The van der Waals surface area contributed by atoms with Gasteiger partial charge in [-0.25, -0.2) is 0 Å². The minimum Gasteiger partial charge on any atom is -0.480 e. The Hall–Kier alpha value is -1.62. The van der Waals surface area contributed by atoms with Crippen LogP contribution in [-0.4, -0.2) is 30.6 Å². The Kier molecular flexibility index (Phi) is 3.63. The lowest BCUT2D eigenvalue weighted by atomic mass is 9.92. The molecule has 0 saturated carbocycles. The molecule has 0 aromatic heterocycles. The molecule has 0 aliphatic rings. The summed E-state index contributed by atoms with van der Waals surface area (Å²) in [5.41, 5.74) is 6.69. The summed E-state index contributed by atoms with van der Waals surface area (Å²) < 4.78 is 0. The topological polar surface area (TPSA) is 80.4 Å². The standard InChI is InChI=1S/C10H12BNO3/c11-9(13)7-3-1-2-6(4-7)5-8(12)10(14)15/h1-4,8H,5,11-12H2,(H,14,15)/t8-/m0/s1. The second kappa shape index (κ2) is 4.75. The first-order valence-electron chi connectivity index (χ1n) is 4.59. The molecule has 0 heterocycles. The van der Waals surface area contributed by atoms with E-state index >= 15 is 0 Å². The van der Waals surface area contributed by atoms with Gasteiger partial charge in [0.1, 0.15) is 11.7 Å². The first-order chi connectivity index (χ1) is 7.00. The van der Waals surface area contributed by atoms with Crippen LogP contribution in [0.5, 0.6) is 0 Å².